The van der Waals surface area contributed by atoms with Crippen LogP contribution in [0.5, 0.6) is 11.5 Å². The van der Waals surface area contributed by atoms with E-state index in [1.165, 1.54) is 25.8 Å². The van der Waals surface area contributed by atoms with Crippen molar-refractivity contribution < 1.29 is 9.47 Å². The molecule has 1 saturated heterocycles. The van der Waals surface area contributed by atoms with Crippen LogP contribution in [0.2, 0.25) is 0 Å². The van der Waals surface area contributed by atoms with Crippen LogP contribution in [0, 0.1) is 0 Å². The first-order valence-corrected chi connectivity index (χ1v) is 7.65. The van der Waals surface area contributed by atoms with Gasteiger partial charge in [-0.1, -0.05) is 6.42 Å². The Balaban J connectivity index is 1.47. The van der Waals surface area contributed by atoms with E-state index in [9.17, 15) is 0 Å². The summed E-state index contributed by atoms with van der Waals surface area (Å²) >= 11 is 0. The van der Waals surface area contributed by atoms with Gasteiger partial charge < -0.3 is 9.47 Å². The molecule has 1 aromatic heterocycles. The zero-order valence-electron chi connectivity index (χ0n) is 12.3. The Morgan fingerprint density at radius 2 is 2.10 bits per heavy atom. The van der Waals surface area contributed by atoms with Crippen LogP contribution in [0.4, 0.5) is 0 Å². The van der Waals surface area contributed by atoms with Gasteiger partial charge in [0.25, 0.3) is 0 Å². The molecule has 110 valence electrons. The van der Waals surface area contributed by atoms with Crippen molar-refractivity contribution in [3.8, 4) is 11.5 Å². The number of hydrogen-bond acceptors (Lipinski definition) is 4. The molecule has 2 aromatic rings. The Bertz CT molecular complexity index is 654. The molecular weight excluding hydrogens is 264 g/mol. The van der Waals surface area contributed by atoms with E-state index < -0.39 is 0 Å². The van der Waals surface area contributed by atoms with Gasteiger partial charge in [-0.3, -0.25) is 9.88 Å². The second kappa shape index (κ2) is 5.19. The largest absolute Gasteiger partial charge is 0.493 e. The van der Waals surface area contributed by atoms with E-state index >= 15 is 0 Å². The number of hydrogen-bond donors (Lipinski definition) is 0. The molecule has 0 N–H and O–H groups in total. The Morgan fingerprint density at radius 1 is 1.24 bits per heavy atom. The number of ether oxygens (including phenoxy) is 2. The topological polar surface area (TPSA) is 34.4 Å². The summed E-state index contributed by atoms with van der Waals surface area (Å²) in [7, 11) is 1.69. The maximum Gasteiger partial charge on any atom is 0.161 e. The highest BCUT2D eigenvalue weighted by Crippen LogP contribution is 2.36. The number of rotatable bonds is 5. The molecule has 2 heterocycles. The van der Waals surface area contributed by atoms with E-state index in [0.717, 1.165) is 34.9 Å². The lowest BCUT2D eigenvalue weighted by Crippen LogP contribution is -2.29. The van der Waals surface area contributed by atoms with Gasteiger partial charge in [0.15, 0.2) is 11.5 Å². The summed E-state index contributed by atoms with van der Waals surface area (Å²) in [5.41, 5.74) is 0. The summed E-state index contributed by atoms with van der Waals surface area (Å²) in [5.74, 6) is 1.61. The lowest BCUT2D eigenvalue weighted by molar-refractivity contribution is 0.212. The highest BCUT2D eigenvalue weighted by Gasteiger charge is 2.42. The van der Waals surface area contributed by atoms with Gasteiger partial charge in [0.05, 0.1) is 13.2 Å². The van der Waals surface area contributed by atoms with Crippen molar-refractivity contribution in [1.82, 2.24) is 9.88 Å². The van der Waals surface area contributed by atoms with Crippen LogP contribution in [-0.4, -0.2) is 42.2 Å². The average molecular weight is 284 g/mol. The summed E-state index contributed by atoms with van der Waals surface area (Å²) in [6.07, 6.45) is 7.77. The number of pyridine rings is 1. The van der Waals surface area contributed by atoms with Gasteiger partial charge in [-0.25, -0.2) is 0 Å². The Morgan fingerprint density at radius 3 is 2.86 bits per heavy atom. The second-order valence-corrected chi connectivity index (χ2v) is 5.97. The maximum absolute atomic E-state index is 6.01. The predicted molar refractivity (Wildman–Crippen MR) is 81.9 cm³/mol. The van der Waals surface area contributed by atoms with Crippen LogP contribution in [0.1, 0.15) is 19.3 Å². The van der Waals surface area contributed by atoms with E-state index in [2.05, 4.69) is 9.88 Å². The molecule has 1 aliphatic heterocycles. The van der Waals surface area contributed by atoms with E-state index in [1.54, 1.807) is 13.3 Å². The lowest BCUT2D eigenvalue weighted by Gasteiger charge is -2.27. The molecule has 1 aromatic carbocycles. The summed E-state index contributed by atoms with van der Waals surface area (Å²) in [4.78, 5) is 6.72. The van der Waals surface area contributed by atoms with Crippen molar-refractivity contribution in [1.29, 1.82) is 0 Å². The van der Waals surface area contributed by atoms with Gasteiger partial charge in [-0.2, -0.15) is 0 Å². The first-order chi connectivity index (χ1) is 10.3. The molecule has 2 atom stereocenters. The smallest absolute Gasteiger partial charge is 0.161 e. The van der Waals surface area contributed by atoms with E-state index in [-0.39, 0.29) is 0 Å². The third-order valence-electron chi connectivity index (χ3n) is 4.66. The second-order valence-electron chi connectivity index (χ2n) is 5.97. The molecule has 2 aliphatic rings. The van der Waals surface area contributed by atoms with Gasteiger partial charge in [0, 0.05) is 30.4 Å². The van der Waals surface area contributed by atoms with Gasteiger partial charge in [-0.15, -0.1) is 0 Å². The third kappa shape index (κ3) is 2.44. The minimum Gasteiger partial charge on any atom is -0.493 e. The van der Waals surface area contributed by atoms with E-state index in [4.69, 9.17) is 9.47 Å². The molecule has 2 unspecified atom stereocenters. The zero-order chi connectivity index (χ0) is 14.2. The molecule has 4 rings (SSSR count). The maximum atomic E-state index is 6.01. The molecule has 4 heteroatoms. The summed E-state index contributed by atoms with van der Waals surface area (Å²) in [6, 6.07) is 7.44. The van der Waals surface area contributed by atoms with Crippen molar-refractivity contribution in [3.63, 3.8) is 0 Å². The predicted octanol–water partition coefficient (Wildman–Crippen LogP) is 2.86. The van der Waals surface area contributed by atoms with Crippen LogP contribution in [0.3, 0.4) is 0 Å². The highest BCUT2D eigenvalue weighted by atomic mass is 16.5. The Labute approximate surface area is 124 Å². The van der Waals surface area contributed by atoms with Crippen molar-refractivity contribution in [3.05, 3.63) is 30.6 Å². The van der Waals surface area contributed by atoms with Crippen molar-refractivity contribution in [2.24, 2.45) is 0 Å². The minimum absolute atomic E-state index is 0.588. The Kier molecular flexibility index (Phi) is 3.19. The zero-order valence-corrected chi connectivity index (χ0v) is 12.3. The third-order valence-corrected chi connectivity index (χ3v) is 4.66. The molecule has 1 saturated carbocycles. The summed E-state index contributed by atoms with van der Waals surface area (Å²) < 4.78 is 11.5. The summed E-state index contributed by atoms with van der Waals surface area (Å²) in [6.45, 7) is 1.93. The van der Waals surface area contributed by atoms with Crippen LogP contribution in [0.15, 0.2) is 30.6 Å². The van der Waals surface area contributed by atoms with Gasteiger partial charge in [0.2, 0.25) is 0 Å². The molecular formula is C17H20N2O2. The van der Waals surface area contributed by atoms with Crippen molar-refractivity contribution in [2.45, 2.75) is 31.3 Å². The molecule has 0 amide bonds. The minimum atomic E-state index is 0.588. The first kappa shape index (κ1) is 12.9. The fourth-order valence-corrected chi connectivity index (χ4v) is 3.06. The number of benzene rings is 1. The van der Waals surface area contributed by atoms with Crippen LogP contribution >= 0.6 is 0 Å². The number of nitrogens with zero attached hydrogens (tertiary/aromatic N) is 2. The molecule has 2 fully saturated rings. The number of aromatic nitrogens is 1. The van der Waals surface area contributed by atoms with Crippen LogP contribution in [-0.2, 0) is 0 Å². The molecule has 0 bridgehead atoms. The standard InChI is InChI=1S/C17H20N2O2/c1-20-16-7-12-5-6-18-9-13(12)8-17(16)21-11-15-10-19(15)14-3-2-4-14/h5-9,14-15H,2-4,10-11H2,1H3. The molecule has 1 aliphatic carbocycles. The fraction of sp³-hybridized carbons (Fsp3) is 0.471. The molecule has 4 nitrogen and oxygen atoms in total. The number of methoxy groups -OCH3 is 1. The quantitative estimate of drug-likeness (QED) is 0.791. The highest BCUT2D eigenvalue weighted by molar-refractivity contribution is 5.85. The van der Waals surface area contributed by atoms with Crippen LogP contribution in [0.25, 0.3) is 10.8 Å². The average Bonchev–Trinajstić information content (AvgIpc) is 3.21. The van der Waals surface area contributed by atoms with Crippen LogP contribution < -0.4 is 9.47 Å². The first-order valence-electron chi connectivity index (χ1n) is 7.65. The molecule has 0 radical (unpaired) electrons. The fourth-order valence-electron chi connectivity index (χ4n) is 3.06. The van der Waals surface area contributed by atoms with E-state index in [0.29, 0.717) is 6.04 Å². The van der Waals surface area contributed by atoms with Gasteiger partial charge in [-0.05, 0) is 36.4 Å². The van der Waals surface area contributed by atoms with E-state index in [1.807, 2.05) is 24.4 Å². The Hall–Kier alpha value is -1.81. The van der Waals surface area contributed by atoms with Crippen molar-refractivity contribution in [2.75, 3.05) is 20.3 Å². The van der Waals surface area contributed by atoms with Gasteiger partial charge >= 0.3 is 0 Å². The monoisotopic (exact) mass is 284 g/mol. The normalized spacial score (nSPS) is 24.6. The summed E-state index contributed by atoms with van der Waals surface area (Å²) in [5, 5.41) is 2.21. The molecule has 0 spiro atoms. The molecule has 21 heavy (non-hydrogen) atoms. The SMILES string of the molecule is COc1cc2ccncc2cc1OCC1CN1C1CCC1. The number of fused-ring (bicyclic) bond motifs is 1. The van der Waals surface area contributed by atoms with Gasteiger partial charge in [0.1, 0.15) is 6.61 Å². The lowest BCUT2D eigenvalue weighted by atomic mass is 9.93. The van der Waals surface area contributed by atoms with Crippen molar-refractivity contribution >= 4 is 10.8 Å².